The van der Waals surface area contributed by atoms with E-state index in [4.69, 9.17) is 4.18 Å². The third kappa shape index (κ3) is 7.08. The van der Waals surface area contributed by atoms with E-state index in [1.165, 1.54) is 11.1 Å². The molecule has 1 atom stereocenters. The molecule has 2 aliphatic rings. The van der Waals surface area contributed by atoms with Crippen molar-refractivity contribution >= 4 is 16.0 Å². The van der Waals surface area contributed by atoms with Crippen molar-refractivity contribution in [3.05, 3.63) is 59.7 Å². The molecular weight excluding hydrogens is 474 g/mol. The first-order valence-electron chi connectivity index (χ1n) is 13.3. The molecule has 36 heavy (non-hydrogen) atoms. The van der Waals surface area contributed by atoms with Crippen LogP contribution in [0, 0.1) is 0 Å². The fraction of sp³-hybridized carbons (Fsp3) is 0.536. The lowest BCUT2D eigenvalue weighted by atomic mass is 9.87. The summed E-state index contributed by atoms with van der Waals surface area (Å²) < 4.78 is 30.6. The van der Waals surface area contributed by atoms with Crippen molar-refractivity contribution in [1.82, 2.24) is 15.1 Å². The molecule has 1 saturated heterocycles. The Morgan fingerprint density at radius 3 is 2.67 bits per heavy atom. The zero-order valence-corrected chi connectivity index (χ0v) is 22.1. The van der Waals surface area contributed by atoms with Crippen LogP contribution in [0.15, 0.2) is 53.4 Å². The summed E-state index contributed by atoms with van der Waals surface area (Å²) >= 11 is 0. The first-order chi connectivity index (χ1) is 17.5. The molecule has 2 aromatic rings. The first-order valence-corrected chi connectivity index (χ1v) is 14.7. The standard InChI is InChI=1S/C28H39N3O4S/c1-2-17-30(18-6-7-19-31-20-16-29-15-14-28(31)32)25-12-10-24-22-26(13-11-23(24)21-25)35-36(33,34)27-8-4-3-5-9-27/h3-5,8-9,11,13,22,25,29H,2,6-7,10,12,14-21H2,1H3. The average molecular weight is 514 g/mol. The second kappa shape index (κ2) is 12.7. The molecule has 7 nitrogen and oxygen atoms in total. The van der Waals surface area contributed by atoms with Crippen LogP contribution in [0.1, 0.15) is 50.2 Å². The van der Waals surface area contributed by atoms with Crippen LogP contribution in [0.2, 0.25) is 0 Å². The molecule has 0 saturated carbocycles. The smallest absolute Gasteiger partial charge is 0.339 e. The minimum atomic E-state index is -3.83. The summed E-state index contributed by atoms with van der Waals surface area (Å²) in [5.74, 6) is 0.647. The van der Waals surface area contributed by atoms with Crippen LogP contribution in [0.3, 0.4) is 0 Å². The van der Waals surface area contributed by atoms with Gasteiger partial charge in [0, 0.05) is 38.6 Å². The summed E-state index contributed by atoms with van der Waals surface area (Å²) in [4.78, 5) is 17.0. The largest absolute Gasteiger partial charge is 0.379 e. The molecule has 1 amide bonds. The number of carbonyl (C=O) groups excluding carboxylic acids is 1. The lowest BCUT2D eigenvalue weighted by molar-refractivity contribution is -0.130. The van der Waals surface area contributed by atoms with Crippen LogP contribution in [0.25, 0.3) is 0 Å². The predicted molar refractivity (Wildman–Crippen MR) is 142 cm³/mol. The van der Waals surface area contributed by atoms with Gasteiger partial charge in [-0.05, 0) is 87.0 Å². The van der Waals surface area contributed by atoms with Crippen LogP contribution in [-0.2, 0) is 27.8 Å². The number of carbonyl (C=O) groups is 1. The number of aryl methyl sites for hydroxylation is 1. The minimum absolute atomic E-state index is 0.162. The van der Waals surface area contributed by atoms with Crippen molar-refractivity contribution in [2.75, 3.05) is 39.3 Å². The molecule has 1 heterocycles. The summed E-state index contributed by atoms with van der Waals surface area (Å²) in [6.07, 6.45) is 6.78. The number of hydrogen-bond donors (Lipinski definition) is 1. The lowest BCUT2D eigenvalue weighted by Crippen LogP contribution is -2.41. The van der Waals surface area contributed by atoms with Crippen LogP contribution < -0.4 is 9.50 Å². The monoisotopic (exact) mass is 513 g/mol. The topological polar surface area (TPSA) is 79.0 Å². The number of benzene rings is 2. The summed E-state index contributed by atoms with van der Waals surface area (Å²) in [6.45, 7) is 7.69. The van der Waals surface area contributed by atoms with Crippen molar-refractivity contribution in [2.24, 2.45) is 0 Å². The number of amides is 1. The quantitative estimate of drug-likeness (QED) is 0.365. The van der Waals surface area contributed by atoms with Gasteiger partial charge in [0.2, 0.25) is 5.91 Å². The van der Waals surface area contributed by atoms with Gasteiger partial charge in [-0.1, -0.05) is 31.2 Å². The van der Waals surface area contributed by atoms with E-state index in [0.717, 1.165) is 77.8 Å². The number of unbranched alkanes of at least 4 members (excludes halogenated alkanes) is 1. The van der Waals surface area contributed by atoms with Crippen LogP contribution in [0.5, 0.6) is 5.75 Å². The second-order valence-corrected chi connectivity index (χ2v) is 11.3. The van der Waals surface area contributed by atoms with Crippen molar-refractivity contribution in [3.63, 3.8) is 0 Å². The molecule has 1 aliphatic heterocycles. The van der Waals surface area contributed by atoms with E-state index in [1.54, 1.807) is 36.4 Å². The molecule has 0 aromatic heterocycles. The van der Waals surface area contributed by atoms with E-state index in [9.17, 15) is 13.2 Å². The highest BCUT2D eigenvalue weighted by atomic mass is 32.2. The summed E-state index contributed by atoms with van der Waals surface area (Å²) in [6, 6.07) is 14.4. The first kappa shape index (κ1) is 26.6. The Morgan fingerprint density at radius 1 is 1.03 bits per heavy atom. The molecule has 0 spiro atoms. The second-order valence-electron chi connectivity index (χ2n) is 9.80. The molecular formula is C28H39N3O4S. The van der Waals surface area contributed by atoms with Crippen molar-refractivity contribution in [3.8, 4) is 5.75 Å². The highest BCUT2D eigenvalue weighted by Crippen LogP contribution is 2.29. The van der Waals surface area contributed by atoms with E-state index < -0.39 is 10.1 Å². The molecule has 0 radical (unpaired) electrons. The molecule has 196 valence electrons. The zero-order valence-electron chi connectivity index (χ0n) is 21.3. The Kier molecular flexibility index (Phi) is 9.40. The maximum atomic E-state index is 12.6. The average Bonchev–Trinajstić information content (AvgIpc) is 3.09. The molecule has 1 unspecified atom stereocenters. The summed E-state index contributed by atoms with van der Waals surface area (Å²) in [7, 11) is -3.83. The summed E-state index contributed by atoms with van der Waals surface area (Å²) in [5, 5.41) is 3.30. The Bertz CT molecular complexity index is 1110. The Hall–Kier alpha value is -2.42. The van der Waals surface area contributed by atoms with Gasteiger partial charge in [-0.15, -0.1) is 0 Å². The number of rotatable bonds is 11. The maximum absolute atomic E-state index is 12.6. The molecule has 1 fully saturated rings. The minimum Gasteiger partial charge on any atom is -0.379 e. The van der Waals surface area contributed by atoms with E-state index in [-0.39, 0.29) is 10.8 Å². The molecule has 8 heteroatoms. The van der Waals surface area contributed by atoms with Gasteiger partial charge in [0.05, 0.1) is 0 Å². The lowest BCUT2D eigenvalue weighted by Gasteiger charge is -2.35. The van der Waals surface area contributed by atoms with E-state index in [0.29, 0.717) is 18.2 Å². The van der Waals surface area contributed by atoms with Crippen molar-refractivity contribution in [2.45, 2.75) is 62.8 Å². The molecule has 4 rings (SSSR count). The van der Waals surface area contributed by atoms with Gasteiger partial charge in [0.25, 0.3) is 0 Å². The third-order valence-electron chi connectivity index (χ3n) is 7.20. The third-order valence-corrected chi connectivity index (χ3v) is 8.46. The van der Waals surface area contributed by atoms with Gasteiger partial charge in [0.1, 0.15) is 10.6 Å². The molecule has 1 aliphatic carbocycles. The number of fused-ring (bicyclic) bond motifs is 1. The Labute approximate surface area is 215 Å². The maximum Gasteiger partial charge on any atom is 0.339 e. The van der Waals surface area contributed by atoms with E-state index >= 15 is 0 Å². The van der Waals surface area contributed by atoms with Gasteiger partial charge in [-0.25, -0.2) is 0 Å². The van der Waals surface area contributed by atoms with Gasteiger partial charge >= 0.3 is 10.1 Å². The van der Waals surface area contributed by atoms with Crippen molar-refractivity contribution < 1.29 is 17.4 Å². The molecule has 2 aromatic carbocycles. The summed E-state index contributed by atoms with van der Waals surface area (Å²) in [5.41, 5.74) is 2.45. The predicted octanol–water partition coefficient (Wildman–Crippen LogP) is 3.63. The van der Waals surface area contributed by atoms with Crippen LogP contribution >= 0.6 is 0 Å². The molecule has 0 bridgehead atoms. The number of hydrogen-bond acceptors (Lipinski definition) is 6. The van der Waals surface area contributed by atoms with Crippen LogP contribution in [-0.4, -0.2) is 69.4 Å². The van der Waals surface area contributed by atoms with Gasteiger partial charge < -0.3 is 19.3 Å². The van der Waals surface area contributed by atoms with E-state index in [2.05, 4.69) is 17.1 Å². The highest BCUT2D eigenvalue weighted by molar-refractivity contribution is 7.87. The SMILES string of the molecule is CCCN(CCCCN1CCNCCC1=O)C1CCc2cc(OS(=O)(=O)c3ccccc3)ccc2C1. The van der Waals surface area contributed by atoms with Gasteiger partial charge in [-0.3, -0.25) is 4.79 Å². The fourth-order valence-corrected chi connectivity index (χ4v) is 6.22. The molecule has 1 N–H and O–H groups in total. The fourth-order valence-electron chi connectivity index (χ4n) is 5.27. The number of nitrogens with zero attached hydrogens (tertiary/aromatic N) is 2. The number of nitrogens with one attached hydrogen (secondary N) is 1. The van der Waals surface area contributed by atoms with E-state index in [1.807, 2.05) is 17.0 Å². The van der Waals surface area contributed by atoms with Gasteiger partial charge in [0.15, 0.2) is 0 Å². The van der Waals surface area contributed by atoms with Crippen molar-refractivity contribution in [1.29, 1.82) is 0 Å². The zero-order chi connectivity index (χ0) is 25.4. The Morgan fingerprint density at radius 2 is 1.86 bits per heavy atom. The van der Waals surface area contributed by atoms with Gasteiger partial charge in [-0.2, -0.15) is 8.42 Å². The normalized spacial score (nSPS) is 18.7. The highest BCUT2D eigenvalue weighted by Gasteiger charge is 2.25. The van der Waals surface area contributed by atoms with Crippen LogP contribution in [0.4, 0.5) is 0 Å². The Balaban J connectivity index is 1.32.